The van der Waals surface area contributed by atoms with Gasteiger partial charge in [0.15, 0.2) is 11.6 Å². The van der Waals surface area contributed by atoms with Gasteiger partial charge in [-0.25, -0.2) is 4.98 Å². The van der Waals surface area contributed by atoms with Crippen LogP contribution in [0.4, 0.5) is 17.3 Å². The average molecular weight is 327 g/mol. The molecule has 0 saturated carbocycles. The molecule has 0 spiro atoms. The quantitative estimate of drug-likeness (QED) is 0.914. The van der Waals surface area contributed by atoms with Gasteiger partial charge >= 0.3 is 0 Å². The lowest BCUT2D eigenvalue weighted by Crippen LogP contribution is -2.53. The van der Waals surface area contributed by atoms with E-state index in [1.807, 2.05) is 11.0 Å². The van der Waals surface area contributed by atoms with Gasteiger partial charge in [0, 0.05) is 18.8 Å². The van der Waals surface area contributed by atoms with Crippen LogP contribution >= 0.6 is 0 Å². The van der Waals surface area contributed by atoms with Crippen LogP contribution in [-0.4, -0.2) is 41.1 Å². The molecule has 0 radical (unpaired) electrons. The number of nitrogens with zero attached hydrogens (tertiary/aromatic N) is 4. The summed E-state index contributed by atoms with van der Waals surface area (Å²) in [6, 6.07) is 5.00. The molecule has 124 valence electrons. The maximum atomic E-state index is 12.8. The zero-order chi connectivity index (χ0) is 16.7. The molecule has 4 rings (SSSR count). The third-order valence-electron chi connectivity index (χ3n) is 4.33. The fourth-order valence-electron chi connectivity index (χ4n) is 3.31. The van der Waals surface area contributed by atoms with E-state index in [-0.39, 0.29) is 24.4 Å². The number of amides is 2. The standard InChI is InChI=1S/C16H17N5O3/c1-10-8-13(19-24-10)18-14(22)9-21-11-4-2-6-17-15(11)20-7-3-5-12(20)16(21)23/h2,4,6,8,12H,3,5,7,9H2,1H3,(H,18,19,22)/t12-/m1/s1. The number of hydrogen-bond acceptors (Lipinski definition) is 6. The van der Waals surface area contributed by atoms with Crippen LogP contribution < -0.4 is 15.1 Å². The Kier molecular flexibility index (Phi) is 3.44. The van der Waals surface area contributed by atoms with E-state index in [2.05, 4.69) is 15.5 Å². The van der Waals surface area contributed by atoms with E-state index in [9.17, 15) is 9.59 Å². The van der Waals surface area contributed by atoms with Crippen LogP contribution in [0, 0.1) is 6.92 Å². The van der Waals surface area contributed by atoms with E-state index >= 15 is 0 Å². The Morgan fingerprint density at radius 1 is 1.50 bits per heavy atom. The first-order chi connectivity index (χ1) is 11.6. The second kappa shape index (κ2) is 5.63. The second-order valence-electron chi connectivity index (χ2n) is 5.99. The Morgan fingerprint density at radius 3 is 3.17 bits per heavy atom. The minimum Gasteiger partial charge on any atom is -0.360 e. The summed E-state index contributed by atoms with van der Waals surface area (Å²) >= 11 is 0. The van der Waals surface area contributed by atoms with Gasteiger partial charge in [0.25, 0.3) is 0 Å². The number of nitrogens with one attached hydrogen (secondary N) is 1. The van der Waals surface area contributed by atoms with Crippen LogP contribution in [0.3, 0.4) is 0 Å². The van der Waals surface area contributed by atoms with Gasteiger partial charge in [0.1, 0.15) is 18.3 Å². The van der Waals surface area contributed by atoms with Crippen molar-refractivity contribution in [1.82, 2.24) is 10.1 Å². The van der Waals surface area contributed by atoms with Crippen molar-refractivity contribution < 1.29 is 14.1 Å². The van der Waals surface area contributed by atoms with Crippen LogP contribution in [0.25, 0.3) is 0 Å². The van der Waals surface area contributed by atoms with E-state index in [4.69, 9.17) is 4.52 Å². The van der Waals surface area contributed by atoms with Gasteiger partial charge in [-0.3, -0.25) is 14.5 Å². The molecular formula is C16H17N5O3. The highest BCUT2D eigenvalue weighted by atomic mass is 16.5. The molecule has 24 heavy (non-hydrogen) atoms. The number of pyridine rings is 1. The van der Waals surface area contributed by atoms with Crippen molar-refractivity contribution in [2.45, 2.75) is 25.8 Å². The van der Waals surface area contributed by atoms with Crippen molar-refractivity contribution in [2.75, 3.05) is 28.2 Å². The van der Waals surface area contributed by atoms with Crippen molar-refractivity contribution in [2.24, 2.45) is 0 Å². The Morgan fingerprint density at radius 2 is 2.38 bits per heavy atom. The van der Waals surface area contributed by atoms with Gasteiger partial charge in [-0.1, -0.05) is 5.16 Å². The molecule has 8 nitrogen and oxygen atoms in total. The number of fused-ring (bicyclic) bond motifs is 3. The topological polar surface area (TPSA) is 91.6 Å². The molecular weight excluding hydrogens is 310 g/mol. The lowest BCUT2D eigenvalue weighted by Gasteiger charge is -2.38. The maximum Gasteiger partial charge on any atom is 0.250 e. The van der Waals surface area contributed by atoms with Crippen molar-refractivity contribution in [3.05, 3.63) is 30.2 Å². The van der Waals surface area contributed by atoms with Crippen LogP contribution in [-0.2, 0) is 9.59 Å². The molecule has 2 amide bonds. The molecule has 0 unspecified atom stereocenters. The molecule has 8 heteroatoms. The largest absolute Gasteiger partial charge is 0.360 e. The summed E-state index contributed by atoms with van der Waals surface area (Å²) in [6.07, 6.45) is 3.44. The second-order valence-corrected chi connectivity index (χ2v) is 5.99. The maximum absolute atomic E-state index is 12.8. The zero-order valence-corrected chi connectivity index (χ0v) is 13.2. The molecule has 1 saturated heterocycles. The summed E-state index contributed by atoms with van der Waals surface area (Å²) in [4.78, 5) is 33.1. The Labute approximate surface area is 138 Å². The number of carbonyl (C=O) groups excluding carboxylic acids is 2. The molecule has 1 fully saturated rings. The van der Waals surface area contributed by atoms with Gasteiger partial charge in [-0.2, -0.15) is 0 Å². The van der Waals surface area contributed by atoms with Crippen molar-refractivity contribution in [1.29, 1.82) is 0 Å². The third-order valence-corrected chi connectivity index (χ3v) is 4.33. The van der Waals surface area contributed by atoms with Gasteiger partial charge in [0.2, 0.25) is 11.8 Å². The first-order valence-corrected chi connectivity index (χ1v) is 7.90. The molecule has 0 aromatic carbocycles. The van der Waals surface area contributed by atoms with Crippen LogP contribution in [0.15, 0.2) is 28.9 Å². The van der Waals surface area contributed by atoms with Crippen LogP contribution in [0.2, 0.25) is 0 Å². The smallest absolute Gasteiger partial charge is 0.250 e. The molecule has 0 bridgehead atoms. The lowest BCUT2D eigenvalue weighted by molar-refractivity contribution is -0.122. The summed E-state index contributed by atoms with van der Waals surface area (Å²) in [6.45, 7) is 2.49. The molecule has 2 aliphatic heterocycles. The zero-order valence-electron chi connectivity index (χ0n) is 13.2. The highest BCUT2D eigenvalue weighted by Crippen LogP contribution is 2.38. The number of anilines is 3. The summed E-state index contributed by atoms with van der Waals surface area (Å²) in [5, 5.41) is 6.38. The first-order valence-electron chi connectivity index (χ1n) is 7.90. The van der Waals surface area contributed by atoms with E-state index in [0.717, 1.165) is 25.2 Å². The first kappa shape index (κ1) is 14.7. The van der Waals surface area contributed by atoms with Crippen LogP contribution in [0.1, 0.15) is 18.6 Å². The minimum absolute atomic E-state index is 0.0560. The van der Waals surface area contributed by atoms with E-state index < -0.39 is 0 Å². The normalized spacial score (nSPS) is 19.2. The molecule has 2 aromatic rings. The lowest BCUT2D eigenvalue weighted by atomic mass is 10.1. The van der Waals surface area contributed by atoms with E-state index in [0.29, 0.717) is 17.3 Å². The van der Waals surface area contributed by atoms with Crippen molar-refractivity contribution in [3.63, 3.8) is 0 Å². The van der Waals surface area contributed by atoms with Crippen LogP contribution in [0.5, 0.6) is 0 Å². The van der Waals surface area contributed by atoms with Gasteiger partial charge in [0.05, 0.1) is 5.69 Å². The van der Waals surface area contributed by atoms with Gasteiger partial charge in [-0.05, 0) is 31.9 Å². The predicted molar refractivity (Wildman–Crippen MR) is 86.8 cm³/mol. The number of aromatic nitrogens is 2. The van der Waals surface area contributed by atoms with E-state index in [1.54, 1.807) is 25.3 Å². The number of aryl methyl sites for hydroxylation is 1. The summed E-state index contributed by atoms with van der Waals surface area (Å²) in [7, 11) is 0. The Hall–Kier alpha value is -2.90. The SMILES string of the molecule is Cc1cc(NC(=O)CN2C(=O)[C@H]3CCCN3c3ncccc32)no1. The number of carbonyl (C=O) groups is 2. The fraction of sp³-hybridized carbons (Fsp3) is 0.375. The number of hydrogen-bond donors (Lipinski definition) is 1. The van der Waals surface area contributed by atoms with Crippen molar-refractivity contribution >= 4 is 29.1 Å². The summed E-state index contributed by atoms with van der Waals surface area (Å²) in [5.74, 6) is 1.34. The van der Waals surface area contributed by atoms with Gasteiger partial charge < -0.3 is 14.7 Å². The van der Waals surface area contributed by atoms with Crippen molar-refractivity contribution in [3.8, 4) is 0 Å². The molecule has 1 N–H and O–H groups in total. The highest BCUT2D eigenvalue weighted by Gasteiger charge is 2.42. The minimum atomic E-state index is -0.321. The van der Waals surface area contributed by atoms with Gasteiger partial charge in [-0.15, -0.1) is 0 Å². The summed E-state index contributed by atoms with van der Waals surface area (Å²) < 4.78 is 4.93. The summed E-state index contributed by atoms with van der Waals surface area (Å²) in [5.41, 5.74) is 0.673. The molecule has 2 aromatic heterocycles. The molecule has 0 aliphatic carbocycles. The highest BCUT2D eigenvalue weighted by molar-refractivity contribution is 6.09. The number of rotatable bonds is 3. The molecule has 2 aliphatic rings. The fourth-order valence-corrected chi connectivity index (χ4v) is 3.31. The Balaban J connectivity index is 1.58. The molecule has 1 atom stereocenters. The Bertz CT molecular complexity index is 803. The third kappa shape index (κ3) is 2.40. The van der Waals surface area contributed by atoms with E-state index in [1.165, 1.54) is 4.90 Å². The monoisotopic (exact) mass is 327 g/mol. The molecule has 4 heterocycles. The predicted octanol–water partition coefficient (Wildman–Crippen LogP) is 1.33. The average Bonchev–Trinajstić information content (AvgIpc) is 3.21.